The van der Waals surface area contributed by atoms with E-state index in [0.717, 1.165) is 51.1 Å². The number of nitrogens with one attached hydrogen (secondary N) is 1. The van der Waals surface area contributed by atoms with E-state index in [4.69, 9.17) is 0 Å². The van der Waals surface area contributed by atoms with Crippen molar-refractivity contribution >= 4 is 5.91 Å². The highest BCUT2D eigenvalue weighted by atomic mass is 16.1. The van der Waals surface area contributed by atoms with E-state index in [-0.39, 0.29) is 11.8 Å². The SMILES string of the molecule is Cn1cc(CNC(=O)[C@@H]2CCCN(C3CCN(Cc4ccncc4)CC3)C2)cn1. The van der Waals surface area contributed by atoms with Crippen LogP contribution in [0.25, 0.3) is 0 Å². The van der Waals surface area contributed by atoms with Gasteiger partial charge in [0.1, 0.15) is 0 Å². The lowest BCUT2D eigenvalue weighted by Crippen LogP contribution is -2.50. The van der Waals surface area contributed by atoms with Crippen LogP contribution in [-0.4, -0.2) is 62.7 Å². The molecule has 2 aliphatic heterocycles. The van der Waals surface area contributed by atoms with E-state index in [0.29, 0.717) is 12.6 Å². The number of amides is 1. The van der Waals surface area contributed by atoms with Gasteiger partial charge in [-0.2, -0.15) is 5.10 Å². The lowest BCUT2D eigenvalue weighted by Gasteiger charge is -2.42. The van der Waals surface area contributed by atoms with E-state index in [9.17, 15) is 4.79 Å². The molecule has 1 atom stereocenters. The van der Waals surface area contributed by atoms with Gasteiger partial charge in [-0.05, 0) is 63.0 Å². The van der Waals surface area contributed by atoms with Crippen molar-refractivity contribution in [3.8, 4) is 0 Å². The predicted molar refractivity (Wildman–Crippen MR) is 112 cm³/mol. The molecule has 29 heavy (non-hydrogen) atoms. The van der Waals surface area contributed by atoms with Crippen LogP contribution in [0, 0.1) is 5.92 Å². The Balaban J connectivity index is 1.23. The Bertz CT molecular complexity index is 784. The van der Waals surface area contributed by atoms with Crippen LogP contribution in [0.15, 0.2) is 36.9 Å². The zero-order valence-corrected chi connectivity index (χ0v) is 17.3. The van der Waals surface area contributed by atoms with Gasteiger partial charge in [-0.15, -0.1) is 0 Å². The third-order valence-corrected chi connectivity index (χ3v) is 6.28. The molecule has 156 valence electrons. The van der Waals surface area contributed by atoms with Crippen molar-refractivity contribution in [3.63, 3.8) is 0 Å². The zero-order chi connectivity index (χ0) is 20.1. The minimum atomic E-state index is 0.107. The number of hydrogen-bond donors (Lipinski definition) is 1. The van der Waals surface area contributed by atoms with Gasteiger partial charge in [0, 0.05) is 56.9 Å². The van der Waals surface area contributed by atoms with Crippen LogP contribution >= 0.6 is 0 Å². The minimum absolute atomic E-state index is 0.107. The van der Waals surface area contributed by atoms with Crippen LogP contribution in [0.1, 0.15) is 36.8 Å². The fourth-order valence-corrected chi connectivity index (χ4v) is 4.64. The highest BCUT2D eigenvalue weighted by molar-refractivity contribution is 5.78. The van der Waals surface area contributed by atoms with Crippen LogP contribution in [0.5, 0.6) is 0 Å². The highest BCUT2D eigenvalue weighted by Crippen LogP contribution is 2.24. The largest absolute Gasteiger partial charge is 0.352 e. The molecule has 2 aromatic heterocycles. The first-order valence-electron chi connectivity index (χ1n) is 10.8. The van der Waals surface area contributed by atoms with E-state index < -0.39 is 0 Å². The third kappa shape index (κ3) is 5.42. The van der Waals surface area contributed by atoms with Crippen molar-refractivity contribution in [3.05, 3.63) is 48.0 Å². The quantitative estimate of drug-likeness (QED) is 0.807. The van der Waals surface area contributed by atoms with Gasteiger partial charge in [0.25, 0.3) is 0 Å². The van der Waals surface area contributed by atoms with Crippen LogP contribution in [0.4, 0.5) is 0 Å². The molecule has 4 heterocycles. The maximum absolute atomic E-state index is 12.7. The van der Waals surface area contributed by atoms with Crippen molar-refractivity contribution in [2.45, 2.75) is 44.8 Å². The number of rotatable bonds is 6. The third-order valence-electron chi connectivity index (χ3n) is 6.28. The fourth-order valence-electron chi connectivity index (χ4n) is 4.64. The number of nitrogens with zero attached hydrogens (tertiary/aromatic N) is 5. The van der Waals surface area contributed by atoms with Crippen LogP contribution in [0.2, 0.25) is 0 Å². The first-order valence-corrected chi connectivity index (χ1v) is 10.8. The summed E-state index contributed by atoms with van der Waals surface area (Å²) in [7, 11) is 1.90. The topological polar surface area (TPSA) is 66.3 Å². The van der Waals surface area contributed by atoms with Crippen LogP contribution in [0.3, 0.4) is 0 Å². The molecule has 0 aromatic carbocycles. The summed E-state index contributed by atoms with van der Waals surface area (Å²) in [5.41, 5.74) is 2.39. The van der Waals surface area contributed by atoms with Crippen molar-refractivity contribution in [2.75, 3.05) is 26.2 Å². The lowest BCUT2D eigenvalue weighted by atomic mass is 9.93. The number of likely N-dealkylation sites (tertiary alicyclic amines) is 2. The Labute approximate surface area is 173 Å². The molecule has 4 rings (SSSR count). The molecule has 0 saturated carbocycles. The Morgan fingerprint density at radius 3 is 2.66 bits per heavy atom. The zero-order valence-electron chi connectivity index (χ0n) is 17.3. The van der Waals surface area contributed by atoms with Crippen LogP contribution < -0.4 is 5.32 Å². The van der Waals surface area contributed by atoms with Crippen molar-refractivity contribution < 1.29 is 4.79 Å². The maximum atomic E-state index is 12.7. The molecule has 0 bridgehead atoms. The first kappa shape index (κ1) is 20.0. The van der Waals surface area contributed by atoms with Crippen molar-refractivity contribution in [1.29, 1.82) is 0 Å². The average Bonchev–Trinajstić information content (AvgIpc) is 3.18. The lowest BCUT2D eigenvalue weighted by molar-refractivity contribution is -0.127. The number of hydrogen-bond acceptors (Lipinski definition) is 5. The van der Waals surface area contributed by atoms with Crippen molar-refractivity contribution in [2.24, 2.45) is 13.0 Å². The van der Waals surface area contributed by atoms with E-state index in [1.807, 2.05) is 31.8 Å². The molecule has 0 radical (unpaired) electrons. The summed E-state index contributed by atoms with van der Waals surface area (Å²) >= 11 is 0. The molecule has 2 aromatic rings. The van der Waals surface area contributed by atoms with Crippen molar-refractivity contribution in [1.82, 2.24) is 29.9 Å². The number of carbonyl (C=O) groups excluding carboxylic acids is 1. The number of pyridine rings is 1. The van der Waals surface area contributed by atoms with E-state index in [1.54, 1.807) is 4.68 Å². The maximum Gasteiger partial charge on any atom is 0.224 e. The second-order valence-electron chi connectivity index (χ2n) is 8.44. The van der Waals surface area contributed by atoms with E-state index in [1.165, 1.54) is 18.4 Å². The van der Waals surface area contributed by atoms with Gasteiger partial charge in [-0.3, -0.25) is 24.3 Å². The van der Waals surface area contributed by atoms with Gasteiger partial charge < -0.3 is 5.32 Å². The smallest absolute Gasteiger partial charge is 0.224 e. The Morgan fingerprint density at radius 1 is 1.14 bits per heavy atom. The molecular weight excluding hydrogens is 364 g/mol. The molecule has 7 nitrogen and oxygen atoms in total. The molecule has 0 unspecified atom stereocenters. The average molecular weight is 397 g/mol. The van der Waals surface area contributed by atoms with Gasteiger partial charge in [0.15, 0.2) is 0 Å². The molecule has 1 N–H and O–H groups in total. The Hall–Kier alpha value is -2.25. The molecule has 2 fully saturated rings. The predicted octanol–water partition coefficient (Wildman–Crippen LogP) is 1.81. The van der Waals surface area contributed by atoms with Gasteiger partial charge in [0.05, 0.1) is 12.1 Å². The fraction of sp³-hybridized carbons (Fsp3) is 0.591. The minimum Gasteiger partial charge on any atom is -0.352 e. The summed E-state index contributed by atoms with van der Waals surface area (Å²) < 4.78 is 1.77. The van der Waals surface area contributed by atoms with E-state index in [2.05, 4.69) is 37.3 Å². The Kier molecular flexibility index (Phi) is 6.56. The second-order valence-corrected chi connectivity index (χ2v) is 8.44. The summed E-state index contributed by atoms with van der Waals surface area (Å²) in [5, 5.41) is 7.27. The number of aryl methyl sites for hydroxylation is 1. The number of aromatic nitrogens is 3. The highest BCUT2D eigenvalue weighted by Gasteiger charge is 2.31. The molecular formula is C22H32N6O. The van der Waals surface area contributed by atoms with Crippen LogP contribution in [-0.2, 0) is 24.9 Å². The standard InChI is InChI=1S/C22H32N6O/c1-26-15-19(14-25-26)13-24-22(29)20-3-2-10-28(17-20)21-6-11-27(12-7-21)16-18-4-8-23-9-5-18/h4-5,8-9,14-15,20-21H,2-3,6-7,10-13,16-17H2,1H3,(H,24,29)/t20-/m1/s1. The van der Waals surface area contributed by atoms with Gasteiger partial charge in [-0.25, -0.2) is 0 Å². The van der Waals surface area contributed by atoms with Gasteiger partial charge >= 0.3 is 0 Å². The monoisotopic (exact) mass is 396 g/mol. The summed E-state index contributed by atoms with van der Waals surface area (Å²) in [4.78, 5) is 21.9. The summed E-state index contributed by atoms with van der Waals surface area (Å²) in [6.07, 6.45) is 12.0. The Morgan fingerprint density at radius 2 is 1.93 bits per heavy atom. The summed E-state index contributed by atoms with van der Waals surface area (Å²) in [5.74, 6) is 0.295. The summed E-state index contributed by atoms with van der Waals surface area (Å²) in [6.45, 7) is 5.85. The number of carbonyl (C=O) groups is 1. The molecule has 1 amide bonds. The van der Waals surface area contributed by atoms with Gasteiger partial charge in [0.2, 0.25) is 5.91 Å². The second kappa shape index (κ2) is 9.50. The van der Waals surface area contributed by atoms with E-state index >= 15 is 0 Å². The molecule has 2 aliphatic rings. The summed E-state index contributed by atoms with van der Waals surface area (Å²) in [6, 6.07) is 4.81. The normalized spacial score (nSPS) is 21.9. The first-order chi connectivity index (χ1) is 14.2. The molecule has 0 spiro atoms. The van der Waals surface area contributed by atoms with Gasteiger partial charge in [-0.1, -0.05) is 0 Å². The molecule has 2 saturated heterocycles. The molecule has 7 heteroatoms. The molecule has 0 aliphatic carbocycles. The number of piperidine rings is 2.